The molecule has 1 N–H and O–H groups in total. The first-order valence-corrected chi connectivity index (χ1v) is 7.76. The maximum absolute atomic E-state index is 5.86. The molecule has 0 amide bonds. The van der Waals surface area contributed by atoms with Crippen molar-refractivity contribution in [2.75, 3.05) is 13.7 Å². The number of furan rings is 1. The van der Waals surface area contributed by atoms with Crippen molar-refractivity contribution in [1.82, 2.24) is 5.32 Å². The average molecular weight is 354 g/mol. The highest BCUT2D eigenvalue weighted by atomic mass is 79.9. The topological polar surface area (TPSA) is 43.6 Å². The Hall–Kier alpha value is -1.46. The number of methoxy groups -OCH3 is 1. The molecule has 5 heteroatoms. The molecule has 4 nitrogen and oxygen atoms in total. The van der Waals surface area contributed by atoms with Crippen molar-refractivity contribution in [1.29, 1.82) is 0 Å². The van der Waals surface area contributed by atoms with Gasteiger partial charge in [0.05, 0.1) is 26.5 Å². The molecule has 0 radical (unpaired) electrons. The van der Waals surface area contributed by atoms with Crippen molar-refractivity contribution in [3.05, 3.63) is 46.3 Å². The summed E-state index contributed by atoms with van der Waals surface area (Å²) in [5.74, 6) is 2.45. The molecule has 0 bridgehead atoms. The maximum Gasteiger partial charge on any atom is 0.166 e. The van der Waals surface area contributed by atoms with Gasteiger partial charge in [0.1, 0.15) is 5.76 Å². The van der Waals surface area contributed by atoms with E-state index in [9.17, 15) is 0 Å². The van der Waals surface area contributed by atoms with Gasteiger partial charge in [0.2, 0.25) is 0 Å². The van der Waals surface area contributed by atoms with Crippen molar-refractivity contribution in [3.63, 3.8) is 0 Å². The number of nitrogens with one attached hydrogen (secondary N) is 1. The zero-order valence-corrected chi connectivity index (χ0v) is 13.9. The van der Waals surface area contributed by atoms with Crippen molar-refractivity contribution in [2.24, 2.45) is 0 Å². The highest BCUT2D eigenvalue weighted by Gasteiger charge is 2.14. The number of halogens is 1. The standard InChI is InChI=1S/C16H20BrNO3/c1-3-8-21-16-13(14(17)6-7-15(16)19-2)11-18-10-12-5-4-9-20-12/h4-7,9,18H,3,8,10-11H2,1-2H3. The Balaban J connectivity index is 2.11. The average Bonchev–Trinajstić information content (AvgIpc) is 3.00. The monoisotopic (exact) mass is 353 g/mol. The molecule has 0 saturated heterocycles. The molecule has 2 aromatic rings. The Morgan fingerprint density at radius 2 is 2.10 bits per heavy atom. The van der Waals surface area contributed by atoms with Crippen LogP contribution in [-0.2, 0) is 13.1 Å². The molecule has 1 heterocycles. The summed E-state index contributed by atoms with van der Waals surface area (Å²) >= 11 is 3.58. The third kappa shape index (κ3) is 4.25. The minimum atomic E-state index is 0.664. The first-order chi connectivity index (χ1) is 10.3. The van der Waals surface area contributed by atoms with Crippen molar-refractivity contribution < 1.29 is 13.9 Å². The minimum Gasteiger partial charge on any atom is -0.493 e. The van der Waals surface area contributed by atoms with Crippen LogP contribution >= 0.6 is 15.9 Å². The summed E-state index contributed by atoms with van der Waals surface area (Å²) in [5, 5.41) is 3.35. The lowest BCUT2D eigenvalue weighted by molar-refractivity contribution is 0.290. The molecule has 0 aliphatic rings. The third-order valence-electron chi connectivity index (χ3n) is 3.02. The first-order valence-electron chi connectivity index (χ1n) is 6.97. The van der Waals surface area contributed by atoms with E-state index in [-0.39, 0.29) is 0 Å². The van der Waals surface area contributed by atoms with Crippen LogP contribution in [0, 0.1) is 0 Å². The van der Waals surface area contributed by atoms with E-state index in [1.54, 1.807) is 13.4 Å². The summed E-state index contributed by atoms with van der Waals surface area (Å²) < 4.78 is 17.6. The summed E-state index contributed by atoms with van der Waals surface area (Å²) in [6.45, 7) is 4.08. The molecule has 0 spiro atoms. The van der Waals surface area contributed by atoms with Crippen LogP contribution in [0.15, 0.2) is 39.4 Å². The minimum absolute atomic E-state index is 0.664. The van der Waals surface area contributed by atoms with Gasteiger partial charge in [0.15, 0.2) is 11.5 Å². The van der Waals surface area contributed by atoms with E-state index < -0.39 is 0 Å². The smallest absolute Gasteiger partial charge is 0.166 e. The second kappa shape index (κ2) is 8.10. The van der Waals surface area contributed by atoms with E-state index in [1.807, 2.05) is 24.3 Å². The Morgan fingerprint density at radius 3 is 2.76 bits per heavy atom. The van der Waals surface area contributed by atoms with E-state index in [1.165, 1.54) is 0 Å². The molecular weight excluding hydrogens is 334 g/mol. The van der Waals surface area contributed by atoms with Gasteiger partial charge in [-0.15, -0.1) is 0 Å². The third-order valence-corrected chi connectivity index (χ3v) is 3.76. The van der Waals surface area contributed by atoms with E-state index in [4.69, 9.17) is 13.9 Å². The van der Waals surface area contributed by atoms with Crippen LogP contribution in [0.1, 0.15) is 24.7 Å². The van der Waals surface area contributed by atoms with Gasteiger partial charge in [-0.2, -0.15) is 0 Å². The van der Waals surface area contributed by atoms with Crippen LogP contribution < -0.4 is 14.8 Å². The molecule has 2 rings (SSSR count). The second-order valence-electron chi connectivity index (χ2n) is 4.59. The Kier molecular flexibility index (Phi) is 6.14. The zero-order chi connectivity index (χ0) is 15.1. The summed E-state index contributed by atoms with van der Waals surface area (Å²) in [5.41, 5.74) is 1.05. The number of hydrogen-bond acceptors (Lipinski definition) is 4. The van der Waals surface area contributed by atoms with Gasteiger partial charge in [0, 0.05) is 16.6 Å². The normalized spacial score (nSPS) is 10.6. The molecular formula is C16H20BrNO3. The molecule has 0 aliphatic carbocycles. The summed E-state index contributed by atoms with van der Waals surface area (Å²) in [7, 11) is 1.65. The Labute approximate surface area is 133 Å². The summed E-state index contributed by atoms with van der Waals surface area (Å²) in [6.07, 6.45) is 2.63. The maximum atomic E-state index is 5.86. The van der Waals surface area contributed by atoms with Crippen LogP contribution in [0.4, 0.5) is 0 Å². The SMILES string of the molecule is CCCOc1c(OC)ccc(Br)c1CNCc1ccco1. The molecule has 0 atom stereocenters. The molecule has 1 aromatic heterocycles. The fourth-order valence-corrected chi connectivity index (χ4v) is 2.45. The molecule has 0 saturated carbocycles. The lowest BCUT2D eigenvalue weighted by Crippen LogP contribution is -2.14. The predicted octanol–water partition coefficient (Wildman–Crippen LogP) is 4.13. The van der Waals surface area contributed by atoms with E-state index in [2.05, 4.69) is 28.2 Å². The molecule has 0 fully saturated rings. The molecule has 0 unspecified atom stereocenters. The zero-order valence-electron chi connectivity index (χ0n) is 12.3. The largest absolute Gasteiger partial charge is 0.493 e. The number of rotatable bonds is 8. The lowest BCUT2D eigenvalue weighted by Gasteiger charge is -2.16. The van der Waals surface area contributed by atoms with Crippen LogP contribution in [0.5, 0.6) is 11.5 Å². The number of benzene rings is 1. The van der Waals surface area contributed by atoms with E-state index in [0.29, 0.717) is 19.7 Å². The van der Waals surface area contributed by atoms with Gasteiger partial charge in [0.25, 0.3) is 0 Å². The van der Waals surface area contributed by atoms with Gasteiger partial charge in [-0.1, -0.05) is 22.9 Å². The summed E-state index contributed by atoms with van der Waals surface area (Å²) in [4.78, 5) is 0. The highest BCUT2D eigenvalue weighted by molar-refractivity contribution is 9.10. The molecule has 21 heavy (non-hydrogen) atoms. The highest BCUT2D eigenvalue weighted by Crippen LogP contribution is 2.36. The van der Waals surface area contributed by atoms with Crippen molar-refractivity contribution >= 4 is 15.9 Å². The van der Waals surface area contributed by atoms with Crippen LogP contribution in [0.2, 0.25) is 0 Å². The molecule has 114 valence electrons. The fraction of sp³-hybridized carbons (Fsp3) is 0.375. The second-order valence-corrected chi connectivity index (χ2v) is 5.44. The lowest BCUT2D eigenvalue weighted by atomic mass is 10.1. The van der Waals surface area contributed by atoms with Gasteiger partial charge in [-0.3, -0.25) is 0 Å². The van der Waals surface area contributed by atoms with Crippen molar-refractivity contribution in [3.8, 4) is 11.5 Å². The van der Waals surface area contributed by atoms with Crippen LogP contribution in [-0.4, -0.2) is 13.7 Å². The van der Waals surface area contributed by atoms with Crippen molar-refractivity contribution in [2.45, 2.75) is 26.4 Å². The summed E-state index contributed by atoms with van der Waals surface area (Å²) in [6, 6.07) is 7.71. The first kappa shape index (κ1) is 15.9. The van der Waals surface area contributed by atoms with E-state index >= 15 is 0 Å². The number of hydrogen-bond donors (Lipinski definition) is 1. The quantitative estimate of drug-likeness (QED) is 0.774. The Morgan fingerprint density at radius 1 is 1.24 bits per heavy atom. The molecule has 1 aromatic carbocycles. The van der Waals surface area contributed by atoms with Gasteiger partial charge < -0.3 is 19.2 Å². The van der Waals surface area contributed by atoms with Gasteiger partial charge >= 0.3 is 0 Å². The molecule has 0 aliphatic heterocycles. The fourth-order valence-electron chi connectivity index (χ4n) is 1.99. The predicted molar refractivity (Wildman–Crippen MR) is 85.7 cm³/mol. The number of ether oxygens (including phenoxy) is 2. The van der Waals surface area contributed by atoms with E-state index in [0.717, 1.165) is 33.7 Å². The van der Waals surface area contributed by atoms with Gasteiger partial charge in [-0.25, -0.2) is 0 Å². The van der Waals surface area contributed by atoms with Gasteiger partial charge in [-0.05, 0) is 30.7 Å². The Bertz CT molecular complexity index is 555. The van der Waals surface area contributed by atoms with Crippen LogP contribution in [0.25, 0.3) is 0 Å². The van der Waals surface area contributed by atoms with Crippen LogP contribution in [0.3, 0.4) is 0 Å².